The molecule has 2 heteroatoms. The molecule has 0 radical (unpaired) electrons. The summed E-state index contributed by atoms with van der Waals surface area (Å²) < 4.78 is 5.26. The Morgan fingerprint density at radius 3 is 2.42 bits per heavy atom. The molecular formula is C17H28O2. The Labute approximate surface area is 117 Å². The van der Waals surface area contributed by atoms with E-state index in [0.29, 0.717) is 12.5 Å². The van der Waals surface area contributed by atoms with Crippen LogP contribution in [0.5, 0.6) is 0 Å². The summed E-state index contributed by atoms with van der Waals surface area (Å²) in [4.78, 5) is 0. The summed E-state index contributed by atoms with van der Waals surface area (Å²) in [5.41, 5.74) is 0.108. The minimum absolute atomic E-state index is 0.361. The number of hydrogen-bond donors (Lipinski definition) is 1. The molecule has 2 atom stereocenters. The molecule has 1 aromatic carbocycles. The van der Waals surface area contributed by atoms with Gasteiger partial charge in [0.05, 0.1) is 6.61 Å². The molecule has 0 fully saturated rings. The molecule has 0 aliphatic rings. The van der Waals surface area contributed by atoms with Gasteiger partial charge >= 0.3 is 0 Å². The average molecular weight is 264 g/mol. The second-order valence-corrected chi connectivity index (χ2v) is 5.45. The lowest BCUT2D eigenvalue weighted by Gasteiger charge is -2.31. The first-order valence-electron chi connectivity index (χ1n) is 7.43. The topological polar surface area (TPSA) is 29.5 Å². The van der Waals surface area contributed by atoms with Crippen LogP contribution in [0.2, 0.25) is 0 Å². The van der Waals surface area contributed by atoms with E-state index in [1.54, 1.807) is 7.11 Å². The first-order chi connectivity index (χ1) is 9.16. The zero-order valence-electron chi connectivity index (χ0n) is 12.6. The van der Waals surface area contributed by atoms with Crippen LogP contribution in [0, 0.1) is 5.92 Å². The highest BCUT2D eigenvalue weighted by atomic mass is 16.5. The van der Waals surface area contributed by atoms with Gasteiger partial charge in [-0.1, -0.05) is 69.9 Å². The standard InChI is InChI=1S/C17H28O2/c1-4-6-10-15(5-2)13-17(18,14-19-3)16-11-8-7-9-12-16/h7-9,11-12,15,18H,4-6,10,13-14H2,1-3H3. The molecule has 0 aliphatic carbocycles. The van der Waals surface area contributed by atoms with Crippen LogP contribution in [-0.2, 0) is 10.3 Å². The number of hydrogen-bond acceptors (Lipinski definition) is 2. The molecule has 2 nitrogen and oxygen atoms in total. The number of methoxy groups -OCH3 is 1. The number of aliphatic hydroxyl groups is 1. The van der Waals surface area contributed by atoms with Crippen molar-refractivity contribution < 1.29 is 9.84 Å². The third-order valence-corrected chi connectivity index (χ3v) is 3.86. The highest BCUT2D eigenvalue weighted by Gasteiger charge is 2.31. The predicted octanol–water partition coefficient (Wildman–Crippen LogP) is 4.13. The van der Waals surface area contributed by atoms with E-state index in [2.05, 4.69) is 13.8 Å². The Morgan fingerprint density at radius 2 is 1.89 bits per heavy atom. The van der Waals surface area contributed by atoms with Gasteiger partial charge in [-0.15, -0.1) is 0 Å². The van der Waals surface area contributed by atoms with Crippen LogP contribution in [-0.4, -0.2) is 18.8 Å². The van der Waals surface area contributed by atoms with Gasteiger partial charge < -0.3 is 9.84 Å². The van der Waals surface area contributed by atoms with Crippen LogP contribution in [0.4, 0.5) is 0 Å². The van der Waals surface area contributed by atoms with Gasteiger partial charge in [0.1, 0.15) is 5.60 Å². The first-order valence-corrected chi connectivity index (χ1v) is 7.43. The average Bonchev–Trinajstić information content (AvgIpc) is 2.44. The lowest BCUT2D eigenvalue weighted by Crippen LogP contribution is -2.33. The maximum absolute atomic E-state index is 11.0. The number of ether oxygens (including phenoxy) is 1. The molecule has 1 rings (SSSR count). The Morgan fingerprint density at radius 1 is 1.21 bits per heavy atom. The maximum Gasteiger partial charge on any atom is 0.113 e. The fourth-order valence-corrected chi connectivity index (χ4v) is 2.67. The van der Waals surface area contributed by atoms with Crippen molar-refractivity contribution in [2.45, 2.75) is 51.6 Å². The molecule has 0 amide bonds. The highest BCUT2D eigenvalue weighted by Crippen LogP contribution is 2.32. The molecule has 0 bridgehead atoms. The molecule has 0 saturated heterocycles. The van der Waals surface area contributed by atoms with Gasteiger partial charge in [-0.3, -0.25) is 0 Å². The van der Waals surface area contributed by atoms with Crippen molar-refractivity contribution in [3.8, 4) is 0 Å². The summed E-state index contributed by atoms with van der Waals surface area (Å²) in [6.07, 6.45) is 5.52. The second-order valence-electron chi connectivity index (χ2n) is 5.45. The van der Waals surface area contributed by atoms with Crippen molar-refractivity contribution in [3.63, 3.8) is 0 Å². The van der Waals surface area contributed by atoms with Crippen molar-refractivity contribution >= 4 is 0 Å². The Balaban J connectivity index is 2.80. The summed E-state index contributed by atoms with van der Waals surface area (Å²) in [5, 5.41) is 11.0. The van der Waals surface area contributed by atoms with Gasteiger partial charge in [0.25, 0.3) is 0 Å². The molecule has 1 N–H and O–H groups in total. The molecule has 0 spiro atoms. The van der Waals surface area contributed by atoms with Crippen LogP contribution in [0.15, 0.2) is 30.3 Å². The Kier molecular flexibility index (Phi) is 7.11. The minimum Gasteiger partial charge on any atom is -0.383 e. The number of unbranched alkanes of at least 4 members (excludes halogenated alkanes) is 1. The Hall–Kier alpha value is -0.860. The predicted molar refractivity (Wildman–Crippen MR) is 80.1 cm³/mol. The summed E-state index contributed by atoms with van der Waals surface area (Å²) in [5.74, 6) is 0.556. The molecule has 0 heterocycles. The molecule has 0 aromatic heterocycles. The third-order valence-electron chi connectivity index (χ3n) is 3.86. The maximum atomic E-state index is 11.0. The monoisotopic (exact) mass is 264 g/mol. The third kappa shape index (κ3) is 4.96. The minimum atomic E-state index is -0.857. The van der Waals surface area contributed by atoms with Gasteiger partial charge in [0.15, 0.2) is 0 Å². The quantitative estimate of drug-likeness (QED) is 0.726. The van der Waals surface area contributed by atoms with Crippen molar-refractivity contribution in [1.29, 1.82) is 0 Å². The molecule has 1 aromatic rings. The van der Waals surface area contributed by atoms with Gasteiger partial charge in [-0.2, -0.15) is 0 Å². The SMILES string of the molecule is CCCCC(CC)CC(O)(COC)c1ccccc1. The summed E-state index contributed by atoms with van der Waals surface area (Å²) in [6, 6.07) is 9.91. The van der Waals surface area contributed by atoms with Crippen molar-refractivity contribution in [2.75, 3.05) is 13.7 Å². The lowest BCUT2D eigenvalue weighted by atomic mass is 9.82. The fraction of sp³-hybridized carbons (Fsp3) is 0.647. The molecule has 0 saturated carbocycles. The van der Waals surface area contributed by atoms with E-state index in [-0.39, 0.29) is 0 Å². The van der Waals surface area contributed by atoms with Gasteiger partial charge in [-0.25, -0.2) is 0 Å². The van der Waals surface area contributed by atoms with Gasteiger partial charge in [0, 0.05) is 7.11 Å². The van der Waals surface area contributed by atoms with Crippen molar-refractivity contribution in [2.24, 2.45) is 5.92 Å². The van der Waals surface area contributed by atoms with E-state index in [9.17, 15) is 5.11 Å². The van der Waals surface area contributed by atoms with E-state index in [1.165, 1.54) is 19.3 Å². The summed E-state index contributed by atoms with van der Waals surface area (Å²) >= 11 is 0. The molecule has 108 valence electrons. The van der Waals surface area contributed by atoms with Gasteiger partial charge in [0.2, 0.25) is 0 Å². The van der Waals surface area contributed by atoms with Gasteiger partial charge in [-0.05, 0) is 17.9 Å². The largest absolute Gasteiger partial charge is 0.383 e. The smallest absolute Gasteiger partial charge is 0.113 e. The Bertz CT molecular complexity index is 336. The second kappa shape index (κ2) is 8.34. The molecule has 2 unspecified atom stereocenters. The zero-order valence-corrected chi connectivity index (χ0v) is 12.6. The molecule has 0 aliphatic heterocycles. The van der Waals surface area contributed by atoms with E-state index < -0.39 is 5.60 Å². The van der Waals surface area contributed by atoms with E-state index >= 15 is 0 Å². The molecule has 19 heavy (non-hydrogen) atoms. The summed E-state index contributed by atoms with van der Waals surface area (Å²) in [7, 11) is 1.65. The molecular weight excluding hydrogens is 236 g/mol. The van der Waals surface area contributed by atoms with E-state index in [4.69, 9.17) is 4.74 Å². The fourth-order valence-electron chi connectivity index (χ4n) is 2.67. The zero-order chi connectivity index (χ0) is 14.1. The van der Waals surface area contributed by atoms with Crippen LogP contribution in [0.25, 0.3) is 0 Å². The highest BCUT2D eigenvalue weighted by molar-refractivity contribution is 5.22. The number of rotatable bonds is 9. The van der Waals surface area contributed by atoms with Crippen LogP contribution in [0.3, 0.4) is 0 Å². The first kappa shape index (κ1) is 16.2. The van der Waals surface area contributed by atoms with Crippen molar-refractivity contribution in [1.82, 2.24) is 0 Å². The van der Waals surface area contributed by atoms with E-state index in [0.717, 1.165) is 18.4 Å². The van der Waals surface area contributed by atoms with Crippen LogP contribution < -0.4 is 0 Å². The van der Waals surface area contributed by atoms with Crippen LogP contribution in [0.1, 0.15) is 51.5 Å². The normalized spacial score (nSPS) is 16.0. The van der Waals surface area contributed by atoms with Crippen molar-refractivity contribution in [3.05, 3.63) is 35.9 Å². The lowest BCUT2D eigenvalue weighted by molar-refractivity contribution is -0.0541. The summed E-state index contributed by atoms with van der Waals surface area (Å²) in [6.45, 7) is 4.78. The number of benzene rings is 1. The van der Waals surface area contributed by atoms with Crippen LogP contribution >= 0.6 is 0 Å². The van der Waals surface area contributed by atoms with E-state index in [1.807, 2.05) is 30.3 Å².